The Morgan fingerprint density at radius 3 is 2.40 bits per heavy atom. The first kappa shape index (κ1) is 10.7. The molecule has 0 spiro atoms. The molecule has 1 aliphatic carbocycles. The molecule has 1 fully saturated rings. The first-order chi connectivity index (χ1) is 7.16. The van der Waals surface area contributed by atoms with Gasteiger partial charge in [0.25, 0.3) is 0 Å². The van der Waals surface area contributed by atoms with Gasteiger partial charge in [-0.2, -0.15) is 0 Å². The van der Waals surface area contributed by atoms with Crippen LogP contribution in [0, 0.1) is 12.8 Å². The molecule has 0 aromatic heterocycles. The Morgan fingerprint density at radius 2 is 1.93 bits per heavy atom. The molecule has 2 heteroatoms. The van der Waals surface area contributed by atoms with E-state index in [0.29, 0.717) is 12.5 Å². The summed E-state index contributed by atoms with van der Waals surface area (Å²) in [6, 6.07) is 8.09. The molecule has 1 aliphatic rings. The Hall–Kier alpha value is -0.860. The van der Waals surface area contributed by atoms with E-state index in [1.807, 2.05) is 24.3 Å². The van der Waals surface area contributed by atoms with E-state index in [4.69, 9.17) is 4.74 Å². The van der Waals surface area contributed by atoms with E-state index in [9.17, 15) is 5.11 Å². The van der Waals surface area contributed by atoms with E-state index in [2.05, 4.69) is 6.92 Å². The summed E-state index contributed by atoms with van der Waals surface area (Å²) in [6.07, 6.45) is 2.21. The standard InChI is InChI=1S/C13H18O2/c1-10-3-5-11(6-4-10)13(14,9-15-2)12-7-8-12/h3-6,12,14H,7-9H2,1-2H3. The van der Waals surface area contributed by atoms with Crippen molar-refractivity contribution in [2.24, 2.45) is 5.92 Å². The molecule has 15 heavy (non-hydrogen) atoms. The van der Waals surface area contributed by atoms with Crippen LogP contribution in [0.25, 0.3) is 0 Å². The summed E-state index contributed by atoms with van der Waals surface area (Å²) in [5, 5.41) is 10.6. The molecular weight excluding hydrogens is 188 g/mol. The van der Waals surface area contributed by atoms with Crippen molar-refractivity contribution >= 4 is 0 Å². The molecule has 1 saturated carbocycles. The van der Waals surface area contributed by atoms with Gasteiger partial charge in [-0.25, -0.2) is 0 Å². The van der Waals surface area contributed by atoms with Gasteiger partial charge in [0.05, 0.1) is 6.61 Å². The fourth-order valence-corrected chi connectivity index (χ4v) is 2.06. The minimum atomic E-state index is -0.775. The SMILES string of the molecule is COCC(O)(c1ccc(C)cc1)C1CC1. The molecule has 82 valence electrons. The van der Waals surface area contributed by atoms with Crippen LogP contribution in [0.15, 0.2) is 24.3 Å². The van der Waals surface area contributed by atoms with Crippen molar-refractivity contribution < 1.29 is 9.84 Å². The van der Waals surface area contributed by atoms with Crippen LogP contribution in [0.1, 0.15) is 24.0 Å². The van der Waals surface area contributed by atoms with Crippen molar-refractivity contribution in [1.82, 2.24) is 0 Å². The van der Waals surface area contributed by atoms with Gasteiger partial charge in [-0.1, -0.05) is 29.8 Å². The third-order valence-corrected chi connectivity index (χ3v) is 3.17. The van der Waals surface area contributed by atoms with Crippen LogP contribution in [0.2, 0.25) is 0 Å². The molecule has 0 heterocycles. The highest BCUT2D eigenvalue weighted by Gasteiger charge is 2.45. The van der Waals surface area contributed by atoms with E-state index in [1.54, 1.807) is 7.11 Å². The van der Waals surface area contributed by atoms with Gasteiger partial charge in [0, 0.05) is 7.11 Å². The number of hydrogen-bond acceptors (Lipinski definition) is 2. The van der Waals surface area contributed by atoms with Crippen molar-refractivity contribution in [3.8, 4) is 0 Å². The second kappa shape index (κ2) is 3.95. The van der Waals surface area contributed by atoms with Crippen LogP contribution in [0.3, 0.4) is 0 Å². The largest absolute Gasteiger partial charge is 0.382 e. The van der Waals surface area contributed by atoms with Crippen molar-refractivity contribution in [3.63, 3.8) is 0 Å². The van der Waals surface area contributed by atoms with E-state index >= 15 is 0 Å². The maximum Gasteiger partial charge on any atom is 0.116 e. The number of methoxy groups -OCH3 is 1. The van der Waals surface area contributed by atoms with Gasteiger partial charge >= 0.3 is 0 Å². The topological polar surface area (TPSA) is 29.5 Å². The van der Waals surface area contributed by atoms with Crippen LogP contribution in [-0.4, -0.2) is 18.8 Å². The van der Waals surface area contributed by atoms with Gasteiger partial charge in [0.2, 0.25) is 0 Å². The maximum atomic E-state index is 10.6. The zero-order chi connectivity index (χ0) is 10.9. The lowest BCUT2D eigenvalue weighted by atomic mass is 9.89. The molecule has 1 N–H and O–H groups in total. The second-order valence-electron chi connectivity index (χ2n) is 4.50. The molecule has 1 unspecified atom stereocenters. The number of aliphatic hydroxyl groups is 1. The van der Waals surface area contributed by atoms with Crippen LogP contribution in [0.5, 0.6) is 0 Å². The number of rotatable bonds is 4. The third kappa shape index (κ3) is 2.06. The summed E-state index contributed by atoms with van der Waals surface area (Å²) >= 11 is 0. The molecule has 0 radical (unpaired) electrons. The second-order valence-corrected chi connectivity index (χ2v) is 4.50. The minimum Gasteiger partial charge on any atom is -0.382 e. The highest BCUT2D eigenvalue weighted by molar-refractivity contribution is 5.28. The van der Waals surface area contributed by atoms with Crippen molar-refractivity contribution in [1.29, 1.82) is 0 Å². The smallest absolute Gasteiger partial charge is 0.116 e. The van der Waals surface area contributed by atoms with Gasteiger partial charge in [-0.05, 0) is 31.2 Å². The Balaban J connectivity index is 2.27. The van der Waals surface area contributed by atoms with Gasteiger partial charge in [0.1, 0.15) is 5.60 Å². The molecule has 2 rings (SSSR count). The zero-order valence-electron chi connectivity index (χ0n) is 9.36. The average molecular weight is 206 g/mol. The normalized spacial score (nSPS) is 19.9. The van der Waals surface area contributed by atoms with Crippen LogP contribution in [-0.2, 0) is 10.3 Å². The van der Waals surface area contributed by atoms with Gasteiger partial charge < -0.3 is 9.84 Å². The number of hydrogen-bond donors (Lipinski definition) is 1. The van der Waals surface area contributed by atoms with Gasteiger partial charge in [-0.15, -0.1) is 0 Å². The predicted octanol–water partition coefficient (Wildman–Crippen LogP) is 2.24. The minimum absolute atomic E-state index is 0.375. The predicted molar refractivity (Wildman–Crippen MR) is 59.7 cm³/mol. The van der Waals surface area contributed by atoms with Crippen LogP contribution in [0.4, 0.5) is 0 Å². The lowest BCUT2D eigenvalue weighted by Crippen LogP contribution is -2.33. The summed E-state index contributed by atoms with van der Waals surface area (Å²) in [5.74, 6) is 0.375. The van der Waals surface area contributed by atoms with Gasteiger partial charge in [-0.3, -0.25) is 0 Å². The summed E-state index contributed by atoms with van der Waals surface area (Å²) in [7, 11) is 1.64. The molecular formula is C13H18O2. The molecule has 0 bridgehead atoms. The third-order valence-electron chi connectivity index (χ3n) is 3.17. The number of aryl methyl sites for hydroxylation is 1. The molecule has 0 amide bonds. The molecule has 1 aromatic rings. The summed E-state index contributed by atoms with van der Waals surface area (Å²) in [4.78, 5) is 0. The van der Waals surface area contributed by atoms with E-state index in [-0.39, 0.29) is 0 Å². The van der Waals surface area contributed by atoms with E-state index in [0.717, 1.165) is 18.4 Å². The molecule has 1 atom stereocenters. The molecule has 2 nitrogen and oxygen atoms in total. The average Bonchev–Trinajstić information content (AvgIpc) is 3.02. The number of ether oxygens (including phenoxy) is 1. The summed E-state index contributed by atoms with van der Waals surface area (Å²) in [5.41, 5.74) is 1.43. The Kier molecular flexibility index (Phi) is 2.81. The van der Waals surface area contributed by atoms with Crippen LogP contribution < -0.4 is 0 Å². The fourth-order valence-electron chi connectivity index (χ4n) is 2.06. The van der Waals surface area contributed by atoms with Crippen molar-refractivity contribution in [2.45, 2.75) is 25.4 Å². The fraction of sp³-hybridized carbons (Fsp3) is 0.538. The first-order valence-electron chi connectivity index (χ1n) is 5.45. The Labute approximate surface area is 90.9 Å². The zero-order valence-corrected chi connectivity index (χ0v) is 9.36. The lowest BCUT2D eigenvalue weighted by molar-refractivity contribution is -0.0532. The highest BCUT2D eigenvalue weighted by Crippen LogP contribution is 2.45. The monoisotopic (exact) mass is 206 g/mol. The summed E-state index contributed by atoms with van der Waals surface area (Å²) < 4.78 is 5.14. The van der Waals surface area contributed by atoms with Crippen molar-refractivity contribution in [2.75, 3.05) is 13.7 Å². The Bertz CT molecular complexity index is 327. The Morgan fingerprint density at radius 1 is 1.33 bits per heavy atom. The lowest BCUT2D eigenvalue weighted by Gasteiger charge is -2.28. The maximum absolute atomic E-state index is 10.6. The van der Waals surface area contributed by atoms with E-state index < -0.39 is 5.60 Å². The summed E-state index contributed by atoms with van der Waals surface area (Å²) in [6.45, 7) is 2.44. The first-order valence-corrected chi connectivity index (χ1v) is 5.45. The van der Waals surface area contributed by atoms with Crippen LogP contribution >= 0.6 is 0 Å². The number of benzene rings is 1. The molecule has 0 saturated heterocycles. The highest BCUT2D eigenvalue weighted by atomic mass is 16.5. The van der Waals surface area contributed by atoms with E-state index in [1.165, 1.54) is 5.56 Å². The quantitative estimate of drug-likeness (QED) is 0.818. The van der Waals surface area contributed by atoms with Gasteiger partial charge in [0.15, 0.2) is 0 Å². The molecule has 0 aliphatic heterocycles. The van der Waals surface area contributed by atoms with Crippen molar-refractivity contribution in [3.05, 3.63) is 35.4 Å². The molecule has 1 aromatic carbocycles.